The number of para-hydroxylation sites is 1. The number of fused-ring (bicyclic) bond motifs is 1. The molecule has 1 N–H and O–H groups in total. The Morgan fingerprint density at radius 1 is 1.19 bits per heavy atom. The van der Waals surface area contributed by atoms with Gasteiger partial charge in [0.25, 0.3) is 5.56 Å². The first kappa shape index (κ1) is 26.2. The molecule has 2 aromatic carbocycles. The number of aromatic nitrogens is 1. The van der Waals surface area contributed by atoms with Crippen LogP contribution in [0.15, 0.2) is 63.5 Å². The Morgan fingerprint density at radius 2 is 1.92 bits per heavy atom. The van der Waals surface area contributed by atoms with Gasteiger partial charge in [0, 0.05) is 36.0 Å². The van der Waals surface area contributed by atoms with Gasteiger partial charge in [-0.1, -0.05) is 29.5 Å². The van der Waals surface area contributed by atoms with Crippen molar-refractivity contribution in [3.8, 4) is 11.5 Å². The number of allylic oxidation sites excluding steroid dienone is 1. The number of hydrogen-bond acceptors (Lipinski definition) is 8. The highest BCUT2D eigenvalue weighted by atomic mass is 32.1. The number of anilines is 1. The van der Waals surface area contributed by atoms with Crippen molar-refractivity contribution in [2.45, 2.75) is 33.7 Å². The molecule has 0 radical (unpaired) electrons. The summed E-state index contributed by atoms with van der Waals surface area (Å²) in [7, 11) is 1.55. The van der Waals surface area contributed by atoms with Crippen LogP contribution in [-0.2, 0) is 9.53 Å². The van der Waals surface area contributed by atoms with Gasteiger partial charge >= 0.3 is 5.97 Å². The number of phenolic OH excluding ortho intramolecular Hbond substituents is 1. The summed E-state index contributed by atoms with van der Waals surface area (Å²) in [6.07, 6.45) is 1.66. The normalized spacial score (nSPS) is 15.3. The van der Waals surface area contributed by atoms with E-state index in [1.54, 1.807) is 45.2 Å². The predicted octanol–water partition coefficient (Wildman–Crippen LogP) is 3.36. The number of aromatic hydroxyl groups is 1. The molecule has 3 aromatic rings. The third-order valence-electron chi connectivity index (χ3n) is 6.38. The summed E-state index contributed by atoms with van der Waals surface area (Å²) in [5, 5.41) is 10.7. The standard InChI is InChI=1S/C28H31N3O5S/c1-6-30(7-2)19-14-13-18(21(32)16-19)15-23-26(33)31-25(20-11-9-10-12-22(20)35-5)24(27(34)36-8-3)17(4)29-28(31)37-23/h9-16,25,32H,6-8H2,1-5H3/t25-/m1/s1. The second-order valence-corrected chi connectivity index (χ2v) is 9.47. The lowest BCUT2D eigenvalue weighted by Crippen LogP contribution is -2.40. The molecule has 0 aliphatic carbocycles. The van der Waals surface area contributed by atoms with Gasteiger partial charge in [0.15, 0.2) is 4.80 Å². The molecule has 37 heavy (non-hydrogen) atoms. The summed E-state index contributed by atoms with van der Waals surface area (Å²) in [5.41, 5.74) is 2.54. The van der Waals surface area contributed by atoms with Crippen molar-refractivity contribution in [1.29, 1.82) is 0 Å². The largest absolute Gasteiger partial charge is 0.507 e. The molecular formula is C28H31N3O5S. The molecule has 1 aromatic heterocycles. The zero-order chi connectivity index (χ0) is 26.7. The van der Waals surface area contributed by atoms with E-state index in [4.69, 9.17) is 9.47 Å². The number of methoxy groups -OCH3 is 1. The van der Waals surface area contributed by atoms with Crippen LogP contribution in [0.4, 0.5) is 5.69 Å². The Hall–Kier alpha value is -3.85. The number of esters is 1. The second kappa shape index (κ2) is 11.0. The van der Waals surface area contributed by atoms with Gasteiger partial charge in [-0.3, -0.25) is 9.36 Å². The molecule has 1 aliphatic rings. The zero-order valence-electron chi connectivity index (χ0n) is 21.6. The van der Waals surface area contributed by atoms with Crippen molar-refractivity contribution in [3.63, 3.8) is 0 Å². The van der Waals surface area contributed by atoms with E-state index in [0.717, 1.165) is 18.8 Å². The second-order valence-electron chi connectivity index (χ2n) is 8.46. The van der Waals surface area contributed by atoms with E-state index >= 15 is 0 Å². The molecule has 0 saturated heterocycles. The summed E-state index contributed by atoms with van der Waals surface area (Å²) in [4.78, 5) is 34.0. The molecule has 0 saturated carbocycles. The lowest BCUT2D eigenvalue weighted by Gasteiger charge is -2.25. The van der Waals surface area contributed by atoms with E-state index in [0.29, 0.717) is 31.9 Å². The van der Waals surface area contributed by atoms with Crippen LogP contribution in [0.5, 0.6) is 11.5 Å². The number of carbonyl (C=O) groups is 1. The number of phenols is 1. The SMILES string of the molecule is CCOC(=O)C1=C(C)N=c2sc(=Cc3ccc(N(CC)CC)cc3O)c(=O)n2[C@@H]1c1ccccc1OC. The van der Waals surface area contributed by atoms with Gasteiger partial charge in [-0.2, -0.15) is 0 Å². The average Bonchev–Trinajstić information content (AvgIpc) is 3.19. The molecule has 0 bridgehead atoms. The minimum atomic E-state index is -0.771. The summed E-state index contributed by atoms with van der Waals surface area (Å²) >= 11 is 1.21. The first-order chi connectivity index (χ1) is 17.8. The van der Waals surface area contributed by atoms with Gasteiger partial charge in [-0.25, -0.2) is 9.79 Å². The summed E-state index contributed by atoms with van der Waals surface area (Å²) < 4.78 is 12.8. The lowest BCUT2D eigenvalue weighted by molar-refractivity contribution is -0.139. The van der Waals surface area contributed by atoms with Crippen LogP contribution in [0.2, 0.25) is 0 Å². The lowest BCUT2D eigenvalue weighted by atomic mass is 9.95. The molecule has 8 nitrogen and oxygen atoms in total. The number of ether oxygens (including phenoxy) is 2. The topological polar surface area (TPSA) is 93.4 Å². The van der Waals surface area contributed by atoms with Gasteiger partial charge < -0.3 is 19.5 Å². The molecule has 1 aliphatic heterocycles. The Bertz CT molecular complexity index is 1530. The molecule has 2 heterocycles. The summed E-state index contributed by atoms with van der Waals surface area (Å²) in [6, 6.07) is 11.9. The number of carbonyl (C=O) groups excluding carboxylic acids is 1. The fraction of sp³-hybridized carbons (Fsp3) is 0.321. The fourth-order valence-corrected chi connectivity index (χ4v) is 5.60. The molecule has 4 rings (SSSR count). The summed E-state index contributed by atoms with van der Waals surface area (Å²) in [6.45, 7) is 9.42. The maximum absolute atomic E-state index is 13.8. The monoisotopic (exact) mass is 521 g/mol. The maximum Gasteiger partial charge on any atom is 0.338 e. The first-order valence-corrected chi connectivity index (χ1v) is 13.1. The third-order valence-corrected chi connectivity index (χ3v) is 7.36. The van der Waals surface area contributed by atoms with Gasteiger partial charge in [0.05, 0.1) is 29.5 Å². The Kier molecular flexibility index (Phi) is 7.83. The fourth-order valence-electron chi connectivity index (χ4n) is 4.56. The van der Waals surface area contributed by atoms with Crippen molar-refractivity contribution < 1.29 is 19.4 Å². The predicted molar refractivity (Wildman–Crippen MR) is 145 cm³/mol. The van der Waals surface area contributed by atoms with E-state index in [2.05, 4.69) is 23.7 Å². The van der Waals surface area contributed by atoms with Crippen LogP contribution in [0.3, 0.4) is 0 Å². The smallest absolute Gasteiger partial charge is 0.338 e. The van der Waals surface area contributed by atoms with Crippen molar-refractivity contribution in [3.05, 3.63) is 84.5 Å². The number of nitrogens with zero attached hydrogens (tertiary/aromatic N) is 3. The summed E-state index contributed by atoms with van der Waals surface area (Å²) in [5.74, 6) is 0.0988. The number of rotatable bonds is 8. The van der Waals surface area contributed by atoms with Crippen LogP contribution in [0.25, 0.3) is 6.08 Å². The molecule has 0 fully saturated rings. The quantitative estimate of drug-likeness (QED) is 0.457. The van der Waals surface area contributed by atoms with Crippen molar-refractivity contribution >= 4 is 29.1 Å². The van der Waals surface area contributed by atoms with Crippen molar-refractivity contribution in [2.24, 2.45) is 4.99 Å². The molecule has 1 atom stereocenters. The Balaban J connectivity index is 1.92. The molecular weight excluding hydrogens is 490 g/mol. The van der Waals surface area contributed by atoms with Crippen LogP contribution < -0.4 is 24.5 Å². The van der Waals surface area contributed by atoms with Crippen LogP contribution >= 0.6 is 11.3 Å². The van der Waals surface area contributed by atoms with Gasteiger partial charge in [0.2, 0.25) is 0 Å². The van der Waals surface area contributed by atoms with E-state index < -0.39 is 12.0 Å². The van der Waals surface area contributed by atoms with Gasteiger partial charge in [0.1, 0.15) is 17.5 Å². The van der Waals surface area contributed by atoms with Crippen molar-refractivity contribution in [2.75, 3.05) is 31.7 Å². The molecule has 0 amide bonds. The molecule has 194 valence electrons. The van der Waals surface area contributed by atoms with Gasteiger partial charge in [-0.15, -0.1) is 0 Å². The Morgan fingerprint density at radius 3 is 2.57 bits per heavy atom. The minimum absolute atomic E-state index is 0.0832. The van der Waals surface area contributed by atoms with E-state index in [1.807, 2.05) is 24.3 Å². The van der Waals surface area contributed by atoms with Crippen LogP contribution in [0, 0.1) is 0 Å². The zero-order valence-corrected chi connectivity index (χ0v) is 22.5. The van der Waals surface area contributed by atoms with Crippen molar-refractivity contribution in [1.82, 2.24) is 4.57 Å². The van der Waals surface area contributed by atoms with Gasteiger partial charge in [-0.05, 0) is 52.0 Å². The molecule has 9 heteroatoms. The third kappa shape index (κ3) is 4.91. The Labute approximate surface area is 219 Å². The molecule has 0 spiro atoms. The van der Waals surface area contributed by atoms with Crippen LogP contribution in [0.1, 0.15) is 44.9 Å². The van der Waals surface area contributed by atoms with Crippen LogP contribution in [-0.4, -0.2) is 42.4 Å². The number of hydrogen-bond donors (Lipinski definition) is 1. The van der Waals surface area contributed by atoms with E-state index in [9.17, 15) is 14.7 Å². The van der Waals surface area contributed by atoms with E-state index in [1.165, 1.54) is 15.9 Å². The van der Waals surface area contributed by atoms with E-state index in [-0.39, 0.29) is 23.5 Å². The minimum Gasteiger partial charge on any atom is -0.507 e. The number of thiazole rings is 1. The average molecular weight is 522 g/mol. The first-order valence-electron chi connectivity index (χ1n) is 12.2. The highest BCUT2D eigenvalue weighted by Gasteiger charge is 2.34. The highest BCUT2D eigenvalue weighted by molar-refractivity contribution is 7.07. The molecule has 0 unspecified atom stereocenters. The number of benzene rings is 2. The highest BCUT2D eigenvalue weighted by Crippen LogP contribution is 2.35. The maximum atomic E-state index is 13.8.